The lowest BCUT2D eigenvalue weighted by atomic mass is 10.0. The number of halogens is 2. The largest absolute Gasteiger partial charge is 0.351 e. The lowest BCUT2D eigenvalue weighted by Gasteiger charge is -2.25. The van der Waals surface area contributed by atoms with Crippen molar-refractivity contribution in [1.82, 2.24) is 19.7 Å². The molecule has 4 rings (SSSR count). The van der Waals surface area contributed by atoms with Gasteiger partial charge in [0.1, 0.15) is 0 Å². The number of nitrogens with one attached hydrogen (secondary N) is 1. The van der Waals surface area contributed by atoms with Crippen LogP contribution < -0.4 is 5.56 Å². The molecule has 2 heterocycles. The number of carbonyl (C=O) groups excluding carboxylic acids is 1. The normalized spacial score (nSPS) is 12.4. The summed E-state index contributed by atoms with van der Waals surface area (Å²) in [5.41, 5.74) is 1.14. The number of hydrogen-bond donors (Lipinski definition) is 1. The van der Waals surface area contributed by atoms with Gasteiger partial charge in [-0.2, -0.15) is 5.10 Å². The van der Waals surface area contributed by atoms with Gasteiger partial charge in [-0.05, 0) is 43.3 Å². The molecule has 4 aromatic rings. The Morgan fingerprint density at radius 3 is 2.55 bits per heavy atom. The maximum absolute atomic E-state index is 13.8. The smallest absolute Gasteiger partial charge is 0.272 e. The van der Waals surface area contributed by atoms with E-state index in [-0.39, 0.29) is 22.4 Å². The first-order valence-electron chi connectivity index (χ1n) is 8.97. The zero-order valence-corrected chi connectivity index (χ0v) is 16.0. The van der Waals surface area contributed by atoms with Crippen LogP contribution in [0.1, 0.15) is 29.0 Å². The summed E-state index contributed by atoms with van der Waals surface area (Å²) in [6, 6.07) is 8.50. The summed E-state index contributed by atoms with van der Waals surface area (Å²) in [6.45, 7) is 1.71. The molecule has 2 aromatic heterocycles. The van der Waals surface area contributed by atoms with Crippen LogP contribution in [-0.4, -0.2) is 32.6 Å². The summed E-state index contributed by atoms with van der Waals surface area (Å²) >= 11 is 0. The third-order valence-corrected chi connectivity index (χ3v) is 5.29. The number of benzene rings is 2. The molecule has 0 saturated carbocycles. The van der Waals surface area contributed by atoms with Crippen LogP contribution in [0.15, 0.2) is 47.4 Å². The summed E-state index contributed by atoms with van der Waals surface area (Å²) in [5.74, 6) is -2.46. The molecule has 0 spiro atoms. The SMILES string of the molecule is CC(c1n[nH]c(=O)c2cc(F)c(F)cc12)N(C)C(=O)c1ccc2c(ccn2C)c1. The Morgan fingerprint density at radius 2 is 1.83 bits per heavy atom. The Hall–Kier alpha value is -3.55. The molecule has 0 aliphatic heterocycles. The molecule has 1 unspecified atom stereocenters. The average Bonchev–Trinajstić information content (AvgIpc) is 3.08. The molecule has 0 radical (unpaired) electrons. The van der Waals surface area contributed by atoms with E-state index in [1.807, 2.05) is 29.9 Å². The van der Waals surface area contributed by atoms with E-state index in [9.17, 15) is 18.4 Å². The van der Waals surface area contributed by atoms with Gasteiger partial charge in [-0.1, -0.05) is 0 Å². The highest BCUT2D eigenvalue weighted by Gasteiger charge is 2.24. The van der Waals surface area contributed by atoms with Crippen molar-refractivity contribution in [3.05, 3.63) is 75.8 Å². The Balaban J connectivity index is 1.74. The second-order valence-electron chi connectivity index (χ2n) is 7.04. The molecule has 0 bridgehead atoms. The van der Waals surface area contributed by atoms with Gasteiger partial charge in [-0.25, -0.2) is 13.9 Å². The minimum atomic E-state index is -1.12. The second kappa shape index (κ2) is 6.80. The summed E-state index contributed by atoms with van der Waals surface area (Å²) in [6.07, 6.45) is 1.91. The van der Waals surface area contributed by atoms with Crippen molar-refractivity contribution in [2.75, 3.05) is 7.05 Å². The third kappa shape index (κ3) is 3.06. The summed E-state index contributed by atoms with van der Waals surface area (Å²) in [5, 5.41) is 7.38. The molecule has 0 aliphatic carbocycles. The maximum atomic E-state index is 13.8. The van der Waals surface area contributed by atoms with Crippen molar-refractivity contribution >= 4 is 27.6 Å². The number of nitrogens with zero attached hydrogens (tertiary/aromatic N) is 3. The minimum absolute atomic E-state index is 0.0210. The number of fused-ring (bicyclic) bond motifs is 2. The number of aromatic nitrogens is 3. The van der Waals surface area contributed by atoms with Gasteiger partial charge in [0.15, 0.2) is 11.6 Å². The molecule has 0 saturated heterocycles. The Bertz CT molecular complexity index is 1330. The van der Waals surface area contributed by atoms with Crippen LogP contribution in [0.5, 0.6) is 0 Å². The molecular formula is C21H18F2N4O2. The van der Waals surface area contributed by atoms with Crippen molar-refractivity contribution in [3.8, 4) is 0 Å². The molecule has 0 aliphatic rings. The molecule has 1 N–H and O–H groups in total. The van der Waals surface area contributed by atoms with Crippen molar-refractivity contribution < 1.29 is 13.6 Å². The van der Waals surface area contributed by atoms with E-state index in [0.717, 1.165) is 23.0 Å². The second-order valence-corrected chi connectivity index (χ2v) is 7.04. The van der Waals surface area contributed by atoms with E-state index in [2.05, 4.69) is 10.2 Å². The number of aryl methyl sites for hydroxylation is 1. The van der Waals surface area contributed by atoms with Crippen molar-refractivity contribution in [3.63, 3.8) is 0 Å². The van der Waals surface area contributed by atoms with Gasteiger partial charge in [-0.15, -0.1) is 0 Å². The fraction of sp³-hybridized carbons (Fsp3) is 0.190. The number of aromatic amines is 1. The van der Waals surface area contributed by atoms with Gasteiger partial charge >= 0.3 is 0 Å². The fourth-order valence-electron chi connectivity index (χ4n) is 3.47. The lowest BCUT2D eigenvalue weighted by molar-refractivity contribution is 0.0740. The highest BCUT2D eigenvalue weighted by atomic mass is 19.2. The Kier molecular flexibility index (Phi) is 4.41. The number of amides is 1. The van der Waals surface area contributed by atoms with Crippen LogP contribution in [0.4, 0.5) is 8.78 Å². The predicted molar refractivity (Wildman–Crippen MR) is 106 cm³/mol. The first-order valence-corrected chi connectivity index (χ1v) is 8.97. The Morgan fingerprint density at radius 1 is 1.14 bits per heavy atom. The summed E-state index contributed by atoms with van der Waals surface area (Å²) in [4.78, 5) is 26.4. The topological polar surface area (TPSA) is 71.0 Å². The van der Waals surface area contributed by atoms with Gasteiger partial charge in [-0.3, -0.25) is 9.59 Å². The minimum Gasteiger partial charge on any atom is -0.351 e. The molecule has 148 valence electrons. The zero-order chi connectivity index (χ0) is 20.9. The van der Waals surface area contributed by atoms with Gasteiger partial charge < -0.3 is 9.47 Å². The molecule has 1 atom stereocenters. The van der Waals surface area contributed by atoms with Crippen LogP contribution in [0.2, 0.25) is 0 Å². The van der Waals surface area contributed by atoms with Gasteiger partial charge in [0.05, 0.1) is 17.1 Å². The molecule has 29 heavy (non-hydrogen) atoms. The van der Waals surface area contributed by atoms with Crippen LogP contribution in [0.25, 0.3) is 21.7 Å². The zero-order valence-electron chi connectivity index (χ0n) is 16.0. The monoisotopic (exact) mass is 396 g/mol. The van der Waals surface area contributed by atoms with E-state index in [1.54, 1.807) is 26.1 Å². The van der Waals surface area contributed by atoms with Crippen LogP contribution in [0, 0.1) is 11.6 Å². The molecule has 1 amide bonds. The maximum Gasteiger partial charge on any atom is 0.272 e. The van der Waals surface area contributed by atoms with Gasteiger partial charge in [0.2, 0.25) is 0 Å². The molecule has 2 aromatic carbocycles. The van der Waals surface area contributed by atoms with Crippen molar-refractivity contribution in [1.29, 1.82) is 0 Å². The molecule has 6 nitrogen and oxygen atoms in total. The average molecular weight is 396 g/mol. The predicted octanol–water partition coefficient (Wildman–Crippen LogP) is 3.53. The first kappa shape index (κ1) is 18.8. The summed E-state index contributed by atoms with van der Waals surface area (Å²) < 4.78 is 29.3. The van der Waals surface area contributed by atoms with Crippen LogP contribution in [0.3, 0.4) is 0 Å². The Labute approximate surface area is 164 Å². The molecular weight excluding hydrogens is 378 g/mol. The standard InChI is InChI=1S/C21H18F2N4O2/c1-11(19-14-9-16(22)17(23)10-15(14)20(28)25-24-19)27(3)21(29)13-4-5-18-12(8-13)6-7-26(18)2/h4-11H,1-3H3,(H,25,28). The lowest BCUT2D eigenvalue weighted by Crippen LogP contribution is -2.31. The summed E-state index contributed by atoms with van der Waals surface area (Å²) in [7, 11) is 3.52. The van der Waals surface area contributed by atoms with E-state index in [1.165, 1.54) is 4.90 Å². The van der Waals surface area contributed by atoms with Crippen LogP contribution >= 0.6 is 0 Å². The van der Waals surface area contributed by atoms with Crippen molar-refractivity contribution in [2.24, 2.45) is 7.05 Å². The quantitative estimate of drug-likeness (QED) is 0.576. The number of H-pyrrole nitrogens is 1. The number of rotatable bonds is 3. The molecule has 0 fully saturated rings. The highest BCUT2D eigenvalue weighted by Crippen LogP contribution is 2.27. The van der Waals surface area contributed by atoms with E-state index >= 15 is 0 Å². The van der Waals surface area contributed by atoms with Crippen molar-refractivity contribution in [2.45, 2.75) is 13.0 Å². The van der Waals surface area contributed by atoms with Gasteiger partial charge in [0.25, 0.3) is 11.5 Å². The number of carbonyl (C=O) groups is 1. The number of hydrogen-bond acceptors (Lipinski definition) is 3. The van der Waals surface area contributed by atoms with E-state index in [4.69, 9.17) is 0 Å². The third-order valence-electron chi connectivity index (χ3n) is 5.29. The van der Waals surface area contributed by atoms with Gasteiger partial charge in [0, 0.05) is 42.1 Å². The van der Waals surface area contributed by atoms with E-state index < -0.39 is 23.2 Å². The highest BCUT2D eigenvalue weighted by molar-refractivity contribution is 5.98. The van der Waals surface area contributed by atoms with Crippen LogP contribution in [-0.2, 0) is 7.05 Å². The first-order chi connectivity index (χ1) is 13.8. The fourth-order valence-corrected chi connectivity index (χ4v) is 3.47. The van der Waals surface area contributed by atoms with E-state index in [0.29, 0.717) is 5.56 Å². The molecule has 8 heteroatoms.